The van der Waals surface area contributed by atoms with Gasteiger partial charge in [0.1, 0.15) is 0 Å². The Kier molecular flexibility index (Phi) is 3.63. The van der Waals surface area contributed by atoms with Crippen LogP contribution in [0, 0.1) is 10.1 Å². The maximum absolute atomic E-state index is 11.3. The summed E-state index contributed by atoms with van der Waals surface area (Å²) in [6.45, 7) is 2.43. The lowest BCUT2D eigenvalue weighted by Crippen LogP contribution is -2.24. The molecule has 0 radical (unpaired) electrons. The zero-order valence-corrected chi connectivity index (χ0v) is 11.8. The van der Waals surface area contributed by atoms with Crippen molar-refractivity contribution in [2.45, 2.75) is 25.9 Å². The number of nitro benzene ring substituents is 1. The van der Waals surface area contributed by atoms with Crippen LogP contribution in [-0.4, -0.2) is 21.9 Å². The number of alkyl halides is 1. The molecule has 1 aromatic heterocycles. The largest absolute Gasteiger partial charge is 0.344 e. The van der Waals surface area contributed by atoms with Gasteiger partial charge in [-0.2, -0.15) is 0 Å². The molecule has 0 atom stereocenters. The van der Waals surface area contributed by atoms with Crippen molar-refractivity contribution in [1.82, 2.24) is 9.88 Å². The molecule has 2 aromatic rings. The third kappa shape index (κ3) is 2.07. The number of rotatable bonds is 4. The van der Waals surface area contributed by atoms with E-state index in [4.69, 9.17) is 11.6 Å². The number of aromatic nitrogens is 1. The molecule has 5 nitrogen and oxygen atoms in total. The molecule has 0 bridgehead atoms. The van der Waals surface area contributed by atoms with Crippen LogP contribution >= 0.6 is 11.6 Å². The van der Waals surface area contributed by atoms with Crippen molar-refractivity contribution >= 4 is 28.2 Å². The molecule has 1 aliphatic heterocycles. The van der Waals surface area contributed by atoms with Crippen LogP contribution in [0.15, 0.2) is 18.2 Å². The zero-order chi connectivity index (χ0) is 14.1. The number of nitro groups is 1. The minimum atomic E-state index is -0.289. The van der Waals surface area contributed by atoms with E-state index in [2.05, 4.69) is 9.88 Å². The maximum Gasteiger partial charge on any atom is 0.279 e. The van der Waals surface area contributed by atoms with Crippen LogP contribution in [0.3, 0.4) is 0 Å². The van der Waals surface area contributed by atoms with Gasteiger partial charge in [-0.05, 0) is 12.5 Å². The third-order valence-electron chi connectivity index (χ3n) is 3.84. The SMILES string of the molecule is O=[N+]([O-])c1cccc2c1c1c(n2CCCCl)CCNC1. The van der Waals surface area contributed by atoms with Crippen LogP contribution in [0.4, 0.5) is 5.69 Å². The predicted octanol–water partition coefficient (Wildman–Crippen LogP) is 2.82. The fourth-order valence-electron chi connectivity index (χ4n) is 3.04. The minimum Gasteiger partial charge on any atom is -0.344 e. The van der Waals surface area contributed by atoms with E-state index in [9.17, 15) is 10.1 Å². The first-order chi connectivity index (χ1) is 9.74. The molecule has 0 amide bonds. The Balaban J connectivity index is 2.27. The van der Waals surface area contributed by atoms with E-state index in [1.807, 2.05) is 6.07 Å². The van der Waals surface area contributed by atoms with Crippen molar-refractivity contribution in [3.63, 3.8) is 0 Å². The molecule has 6 heteroatoms. The van der Waals surface area contributed by atoms with E-state index in [1.165, 1.54) is 5.69 Å². The van der Waals surface area contributed by atoms with E-state index in [1.54, 1.807) is 12.1 Å². The molecule has 1 aliphatic rings. The summed E-state index contributed by atoms with van der Waals surface area (Å²) in [5.74, 6) is 0.599. The average molecular weight is 294 g/mol. The molecule has 20 heavy (non-hydrogen) atoms. The van der Waals surface area contributed by atoms with Crippen LogP contribution in [0.5, 0.6) is 0 Å². The topological polar surface area (TPSA) is 60.1 Å². The Hall–Kier alpha value is -1.59. The number of non-ortho nitro benzene ring substituents is 1. The van der Waals surface area contributed by atoms with Crippen LogP contribution in [0.25, 0.3) is 10.9 Å². The lowest BCUT2D eigenvalue weighted by Gasteiger charge is -2.16. The Morgan fingerprint density at radius 2 is 2.30 bits per heavy atom. The van der Waals surface area contributed by atoms with Gasteiger partial charge in [-0.1, -0.05) is 6.07 Å². The highest BCUT2D eigenvalue weighted by molar-refractivity contribution is 6.17. The number of aryl methyl sites for hydroxylation is 1. The smallest absolute Gasteiger partial charge is 0.279 e. The van der Waals surface area contributed by atoms with Crippen LogP contribution in [0.2, 0.25) is 0 Å². The highest BCUT2D eigenvalue weighted by atomic mass is 35.5. The molecule has 3 rings (SSSR count). The summed E-state index contributed by atoms with van der Waals surface area (Å²) >= 11 is 5.80. The number of nitrogens with one attached hydrogen (secondary N) is 1. The van der Waals surface area contributed by atoms with Gasteiger partial charge in [-0.3, -0.25) is 10.1 Å². The number of hydrogen-bond donors (Lipinski definition) is 1. The van der Waals surface area contributed by atoms with Gasteiger partial charge in [0.25, 0.3) is 5.69 Å². The zero-order valence-electron chi connectivity index (χ0n) is 11.1. The highest BCUT2D eigenvalue weighted by Crippen LogP contribution is 2.35. The maximum atomic E-state index is 11.3. The normalized spacial score (nSPS) is 14.4. The second-order valence-corrected chi connectivity index (χ2v) is 5.35. The van der Waals surface area contributed by atoms with E-state index < -0.39 is 0 Å². The molecular weight excluding hydrogens is 278 g/mol. The minimum absolute atomic E-state index is 0.201. The Labute approximate surface area is 121 Å². The Bertz CT molecular complexity index is 666. The van der Waals surface area contributed by atoms with Gasteiger partial charge < -0.3 is 9.88 Å². The molecule has 0 spiro atoms. The standard InChI is InChI=1S/C14H16ClN3O2/c15-6-2-8-17-11-5-7-16-9-10(11)14-12(17)3-1-4-13(14)18(19)20/h1,3-4,16H,2,5-9H2. The number of hydrogen-bond acceptors (Lipinski definition) is 3. The summed E-state index contributed by atoms with van der Waals surface area (Å²) in [6.07, 6.45) is 1.78. The molecular formula is C14H16ClN3O2. The van der Waals surface area contributed by atoms with E-state index >= 15 is 0 Å². The molecule has 0 aliphatic carbocycles. The molecule has 2 heterocycles. The second-order valence-electron chi connectivity index (χ2n) is 4.97. The van der Waals surface area contributed by atoms with Crippen LogP contribution in [-0.2, 0) is 19.5 Å². The van der Waals surface area contributed by atoms with E-state index in [0.29, 0.717) is 12.4 Å². The summed E-state index contributed by atoms with van der Waals surface area (Å²) in [5.41, 5.74) is 3.45. The number of fused-ring (bicyclic) bond motifs is 3. The number of halogens is 1. The van der Waals surface area contributed by atoms with E-state index in [0.717, 1.165) is 42.4 Å². The lowest BCUT2D eigenvalue weighted by atomic mass is 10.0. The summed E-state index contributed by atoms with van der Waals surface area (Å²) < 4.78 is 2.21. The number of benzene rings is 1. The van der Waals surface area contributed by atoms with Gasteiger partial charge in [-0.15, -0.1) is 11.6 Å². The molecule has 0 saturated heterocycles. The first-order valence-corrected chi connectivity index (χ1v) is 7.31. The van der Waals surface area contributed by atoms with Crippen molar-refractivity contribution in [1.29, 1.82) is 0 Å². The Morgan fingerprint density at radius 1 is 1.45 bits per heavy atom. The van der Waals surface area contributed by atoms with Crippen molar-refractivity contribution in [2.24, 2.45) is 0 Å². The summed E-state index contributed by atoms with van der Waals surface area (Å²) in [4.78, 5) is 11.0. The van der Waals surface area contributed by atoms with Crippen LogP contribution in [0.1, 0.15) is 17.7 Å². The van der Waals surface area contributed by atoms with Gasteiger partial charge in [0.2, 0.25) is 0 Å². The van der Waals surface area contributed by atoms with Gasteiger partial charge in [0.15, 0.2) is 0 Å². The first-order valence-electron chi connectivity index (χ1n) is 6.78. The average Bonchev–Trinajstić information content (AvgIpc) is 2.79. The highest BCUT2D eigenvalue weighted by Gasteiger charge is 2.25. The van der Waals surface area contributed by atoms with Crippen molar-refractivity contribution in [2.75, 3.05) is 12.4 Å². The predicted molar refractivity (Wildman–Crippen MR) is 79.3 cm³/mol. The molecule has 1 aromatic carbocycles. The summed E-state index contributed by atoms with van der Waals surface area (Å²) in [7, 11) is 0. The van der Waals surface area contributed by atoms with Gasteiger partial charge in [0, 0.05) is 49.3 Å². The van der Waals surface area contributed by atoms with Crippen LogP contribution < -0.4 is 5.32 Å². The van der Waals surface area contributed by atoms with Gasteiger partial charge in [0.05, 0.1) is 15.8 Å². The quantitative estimate of drug-likeness (QED) is 0.536. The van der Waals surface area contributed by atoms with Crippen molar-refractivity contribution in [3.05, 3.63) is 39.6 Å². The van der Waals surface area contributed by atoms with Gasteiger partial charge in [-0.25, -0.2) is 0 Å². The Morgan fingerprint density at radius 3 is 3.05 bits per heavy atom. The molecule has 0 saturated carbocycles. The van der Waals surface area contributed by atoms with Crippen molar-refractivity contribution < 1.29 is 4.92 Å². The fraction of sp³-hybridized carbons (Fsp3) is 0.429. The second kappa shape index (κ2) is 5.42. The summed E-state index contributed by atoms with van der Waals surface area (Å²) in [5, 5.41) is 15.4. The molecule has 0 unspecified atom stereocenters. The molecule has 106 valence electrons. The van der Waals surface area contributed by atoms with Gasteiger partial charge >= 0.3 is 0 Å². The third-order valence-corrected chi connectivity index (χ3v) is 4.11. The van der Waals surface area contributed by atoms with Crippen molar-refractivity contribution in [3.8, 4) is 0 Å². The molecule has 0 fully saturated rings. The number of nitrogens with zero attached hydrogens (tertiary/aromatic N) is 2. The fourth-order valence-corrected chi connectivity index (χ4v) is 3.16. The van der Waals surface area contributed by atoms with E-state index in [-0.39, 0.29) is 10.6 Å². The lowest BCUT2D eigenvalue weighted by molar-refractivity contribution is -0.383. The first kappa shape index (κ1) is 13.4. The molecule has 1 N–H and O–H groups in total. The summed E-state index contributed by atoms with van der Waals surface area (Å²) in [6, 6.07) is 5.31. The monoisotopic (exact) mass is 293 g/mol.